The number of aliphatic hydroxyl groups is 7. The Balaban J connectivity index is 1.15. The largest absolute Gasteiger partial charge is 0.394 e. The van der Waals surface area contributed by atoms with Crippen LogP contribution in [-0.2, 0) is 14.3 Å². The highest BCUT2D eigenvalue weighted by Crippen LogP contribution is 2.85. The Kier molecular flexibility index (Phi) is 9.13. The number of ketones is 1. The number of carbonyl (C=O) groups excluding carboxylic acids is 1. The van der Waals surface area contributed by atoms with E-state index in [-0.39, 0.29) is 65.3 Å². The number of carbonyl (C=O) groups is 1. The first-order chi connectivity index (χ1) is 21.2. The molecule has 0 radical (unpaired) electrons. The highest BCUT2D eigenvalue weighted by Gasteiger charge is 2.79. The van der Waals surface area contributed by atoms with Gasteiger partial charge in [-0.25, -0.2) is 0 Å². The van der Waals surface area contributed by atoms with E-state index in [4.69, 9.17) is 9.47 Å². The van der Waals surface area contributed by atoms with E-state index in [2.05, 4.69) is 13.8 Å². The van der Waals surface area contributed by atoms with Crippen LogP contribution in [0.2, 0.25) is 0 Å². The van der Waals surface area contributed by atoms with E-state index in [1.807, 2.05) is 13.8 Å². The molecule has 1 saturated heterocycles. The minimum atomic E-state index is -1.51. The van der Waals surface area contributed by atoms with Gasteiger partial charge in [-0.15, -0.1) is 0 Å². The number of Topliss-reactive ketones (excluding diaryl/α,β-unsaturated/α-hetero) is 1. The molecule has 16 atom stereocenters. The monoisotopic (exact) mass is 638 g/mol. The molecular formula is C35H58O10. The van der Waals surface area contributed by atoms with Crippen LogP contribution in [0.4, 0.5) is 0 Å². The Morgan fingerprint density at radius 1 is 0.933 bits per heavy atom. The molecule has 6 aliphatic rings. The predicted molar refractivity (Wildman–Crippen MR) is 163 cm³/mol. The summed E-state index contributed by atoms with van der Waals surface area (Å²) in [7, 11) is 0. The minimum absolute atomic E-state index is 0.0200. The molecule has 6 fully saturated rings. The topological polar surface area (TPSA) is 177 Å². The van der Waals surface area contributed by atoms with Crippen LogP contribution < -0.4 is 0 Å². The quantitative estimate of drug-likeness (QED) is 0.187. The van der Waals surface area contributed by atoms with Crippen LogP contribution in [0, 0.1) is 57.7 Å². The van der Waals surface area contributed by atoms with Gasteiger partial charge < -0.3 is 45.2 Å². The lowest BCUT2D eigenvalue weighted by Crippen LogP contribution is -2.59. The first kappa shape index (κ1) is 34.2. The fourth-order valence-corrected chi connectivity index (χ4v) is 12.0. The number of ether oxygens (including phenoxy) is 2. The van der Waals surface area contributed by atoms with Gasteiger partial charge in [0.25, 0.3) is 0 Å². The van der Waals surface area contributed by atoms with Crippen molar-refractivity contribution in [3.63, 3.8) is 0 Å². The van der Waals surface area contributed by atoms with Gasteiger partial charge in [0.2, 0.25) is 0 Å². The van der Waals surface area contributed by atoms with Crippen LogP contribution in [0.1, 0.15) is 91.9 Å². The molecule has 0 aromatic carbocycles. The predicted octanol–water partition coefficient (Wildman–Crippen LogP) is 1.78. The number of hydrogen-bond acceptors (Lipinski definition) is 10. The number of aliphatic hydroxyl groups excluding tert-OH is 6. The third-order valence-corrected chi connectivity index (χ3v) is 14.9. The Bertz CT molecular complexity index is 1100. The molecule has 0 aromatic rings. The van der Waals surface area contributed by atoms with Gasteiger partial charge in [0.15, 0.2) is 6.29 Å². The standard InChI is InChI=1S/C35H58O10/c1-18(2)35(43,17-37)13-26(39)19(3)21-5-7-23-24-8-6-22-20(15-44-31-30(42)29(41)28(40)27(14-36)45-31)25(38)9-10-33(22)16-34(24,33)12-11-32(21,23)4/h18-24,26-31,36-37,39-43H,5-17H2,1-4H3/t19-,20-,21+,22-,23-,24-,26+,27+,28+,29-,30+,31+,32+,33+,34-,35-/m0/s1. The Morgan fingerprint density at radius 2 is 1.60 bits per heavy atom. The highest BCUT2D eigenvalue weighted by molar-refractivity contribution is 5.83. The summed E-state index contributed by atoms with van der Waals surface area (Å²) in [4.78, 5) is 13.4. The molecule has 5 saturated carbocycles. The molecule has 2 spiro atoms. The van der Waals surface area contributed by atoms with Crippen LogP contribution in [0.3, 0.4) is 0 Å². The Morgan fingerprint density at radius 3 is 2.27 bits per heavy atom. The maximum atomic E-state index is 13.4. The molecule has 0 bridgehead atoms. The van der Waals surface area contributed by atoms with Crippen molar-refractivity contribution in [3.8, 4) is 0 Å². The molecule has 0 amide bonds. The smallest absolute Gasteiger partial charge is 0.186 e. The van der Waals surface area contributed by atoms with Crippen LogP contribution >= 0.6 is 0 Å². The maximum Gasteiger partial charge on any atom is 0.186 e. The van der Waals surface area contributed by atoms with Crippen molar-refractivity contribution >= 4 is 5.78 Å². The van der Waals surface area contributed by atoms with Crippen LogP contribution in [0.25, 0.3) is 0 Å². The summed E-state index contributed by atoms with van der Waals surface area (Å²) in [5.74, 6) is 1.45. The van der Waals surface area contributed by atoms with Crippen LogP contribution in [-0.4, -0.2) is 104 Å². The van der Waals surface area contributed by atoms with Gasteiger partial charge in [-0.2, -0.15) is 0 Å². The van der Waals surface area contributed by atoms with E-state index in [0.29, 0.717) is 24.2 Å². The third kappa shape index (κ3) is 5.11. The second-order valence-corrected chi connectivity index (χ2v) is 16.7. The maximum absolute atomic E-state index is 13.4. The van der Waals surface area contributed by atoms with Crippen LogP contribution in [0.5, 0.6) is 0 Å². The molecule has 5 aliphatic carbocycles. The van der Waals surface area contributed by atoms with E-state index >= 15 is 0 Å². The summed E-state index contributed by atoms with van der Waals surface area (Å²) >= 11 is 0. The average Bonchev–Trinajstić information content (AvgIpc) is 3.56. The summed E-state index contributed by atoms with van der Waals surface area (Å²) in [5, 5.41) is 72.6. The van der Waals surface area contributed by atoms with Crippen molar-refractivity contribution in [1.29, 1.82) is 0 Å². The third-order valence-electron chi connectivity index (χ3n) is 14.9. The Hall–Kier alpha value is -0.690. The molecule has 0 aromatic heterocycles. The van der Waals surface area contributed by atoms with Gasteiger partial charge in [-0.05, 0) is 103 Å². The molecule has 10 nitrogen and oxygen atoms in total. The lowest BCUT2D eigenvalue weighted by Gasteiger charge is -2.57. The molecular weight excluding hydrogens is 580 g/mol. The van der Waals surface area contributed by atoms with Crippen molar-refractivity contribution in [2.75, 3.05) is 19.8 Å². The first-order valence-corrected chi connectivity index (χ1v) is 17.7. The lowest BCUT2D eigenvalue weighted by molar-refractivity contribution is -0.304. The summed E-state index contributed by atoms with van der Waals surface area (Å²) in [6.07, 6.45) is 1.81. The molecule has 45 heavy (non-hydrogen) atoms. The van der Waals surface area contributed by atoms with Gasteiger partial charge in [0, 0.05) is 18.8 Å². The van der Waals surface area contributed by atoms with Gasteiger partial charge in [-0.1, -0.05) is 27.7 Å². The second-order valence-electron chi connectivity index (χ2n) is 16.7. The molecule has 0 unspecified atom stereocenters. The Labute approximate surface area is 267 Å². The zero-order valence-corrected chi connectivity index (χ0v) is 27.6. The molecule has 258 valence electrons. The summed E-state index contributed by atoms with van der Waals surface area (Å²) in [6, 6.07) is 0. The normalized spacial score (nSPS) is 50.2. The van der Waals surface area contributed by atoms with Gasteiger partial charge >= 0.3 is 0 Å². The van der Waals surface area contributed by atoms with E-state index in [1.54, 1.807) is 0 Å². The first-order valence-electron chi connectivity index (χ1n) is 17.7. The highest BCUT2D eigenvalue weighted by atomic mass is 16.7. The molecule has 7 N–H and O–H groups in total. The van der Waals surface area contributed by atoms with Crippen molar-refractivity contribution in [2.45, 2.75) is 134 Å². The van der Waals surface area contributed by atoms with E-state index < -0.39 is 49.0 Å². The van der Waals surface area contributed by atoms with Gasteiger partial charge in [0.05, 0.1) is 31.5 Å². The van der Waals surface area contributed by atoms with E-state index in [1.165, 1.54) is 0 Å². The number of hydrogen-bond donors (Lipinski definition) is 7. The summed E-state index contributed by atoms with van der Waals surface area (Å²) in [6.45, 7) is 7.54. The van der Waals surface area contributed by atoms with E-state index in [9.17, 15) is 40.5 Å². The van der Waals surface area contributed by atoms with E-state index in [0.717, 1.165) is 51.4 Å². The van der Waals surface area contributed by atoms with Crippen molar-refractivity contribution < 1.29 is 50.0 Å². The van der Waals surface area contributed by atoms with Gasteiger partial charge in [0.1, 0.15) is 30.2 Å². The minimum Gasteiger partial charge on any atom is -0.394 e. The fourth-order valence-electron chi connectivity index (χ4n) is 12.0. The summed E-state index contributed by atoms with van der Waals surface area (Å²) < 4.78 is 11.5. The van der Waals surface area contributed by atoms with Crippen LogP contribution in [0.15, 0.2) is 0 Å². The second kappa shape index (κ2) is 12.0. The zero-order valence-electron chi connectivity index (χ0n) is 27.6. The SMILES string of the molecule is CC(C)[C@@](O)(CO)C[C@@H](O)[C@@H](C)[C@H]1CC[C@H]2[C@@H]3CC[C@H]4[C@H](CO[C@@H]5O[C@H](CO)[C@@H](O)[C@H](O)[C@H]5O)C(=O)CC[C@@]45C[C@@]35CC[C@]12C. The van der Waals surface area contributed by atoms with Gasteiger partial charge in [-0.3, -0.25) is 4.79 Å². The number of rotatable bonds is 10. The van der Waals surface area contributed by atoms with Crippen molar-refractivity contribution in [1.82, 2.24) is 0 Å². The molecule has 1 heterocycles. The zero-order chi connectivity index (χ0) is 32.7. The fraction of sp³-hybridized carbons (Fsp3) is 0.971. The molecule has 6 rings (SSSR count). The lowest BCUT2D eigenvalue weighted by atomic mass is 9.48. The summed E-state index contributed by atoms with van der Waals surface area (Å²) in [5.41, 5.74) is -0.831. The number of fused-ring (bicyclic) bond motifs is 2. The average molecular weight is 639 g/mol. The molecule has 1 aliphatic heterocycles. The van der Waals surface area contributed by atoms with Crippen molar-refractivity contribution in [2.24, 2.45) is 57.7 Å². The van der Waals surface area contributed by atoms with Crippen molar-refractivity contribution in [3.05, 3.63) is 0 Å². The molecule has 10 heteroatoms.